The molecule has 0 aliphatic rings. The highest BCUT2D eigenvalue weighted by Gasteiger charge is 2.16. The molecule has 0 fully saturated rings. The lowest BCUT2D eigenvalue weighted by Gasteiger charge is -2.07. The first-order valence-electron chi connectivity index (χ1n) is 5.99. The SMILES string of the molecule is N#Cc1ccc(S(=O)(=O)NCCOc2cccc(N)c2)s1. The van der Waals surface area contributed by atoms with Gasteiger partial charge in [-0.15, -0.1) is 11.3 Å². The standard InChI is InChI=1S/C13H13N3O3S2/c14-9-12-4-5-13(20-12)21(17,18)16-6-7-19-11-3-1-2-10(15)8-11/h1-5,8,16H,6-7,15H2. The van der Waals surface area contributed by atoms with E-state index in [0.29, 0.717) is 16.3 Å². The zero-order valence-electron chi connectivity index (χ0n) is 10.9. The number of benzene rings is 1. The molecule has 1 heterocycles. The van der Waals surface area contributed by atoms with Gasteiger partial charge < -0.3 is 10.5 Å². The number of nitrogens with zero attached hydrogens (tertiary/aromatic N) is 1. The van der Waals surface area contributed by atoms with Gasteiger partial charge in [0.2, 0.25) is 10.0 Å². The number of nitriles is 1. The molecule has 0 saturated carbocycles. The summed E-state index contributed by atoms with van der Waals surface area (Å²) in [4.78, 5) is 0.353. The van der Waals surface area contributed by atoms with Crippen LogP contribution in [-0.4, -0.2) is 21.6 Å². The van der Waals surface area contributed by atoms with E-state index in [1.165, 1.54) is 12.1 Å². The monoisotopic (exact) mass is 323 g/mol. The second-order valence-corrected chi connectivity index (χ2v) is 7.13. The van der Waals surface area contributed by atoms with Crippen molar-refractivity contribution < 1.29 is 13.2 Å². The lowest BCUT2D eigenvalue weighted by Crippen LogP contribution is -2.27. The smallest absolute Gasteiger partial charge is 0.250 e. The first kappa shape index (κ1) is 15.3. The van der Waals surface area contributed by atoms with Crippen LogP contribution in [0.2, 0.25) is 0 Å². The van der Waals surface area contributed by atoms with Gasteiger partial charge in [0.15, 0.2) is 0 Å². The van der Waals surface area contributed by atoms with Gasteiger partial charge in [0, 0.05) is 18.3 Å². The van der Waals surface area contributed by atoms with E-state index in [2.05, 4.69) is 4.72 Å². The first-order valence-corrected chi connectivity index (χ1v) is 8.29. The average Bonchev–Trinajstić information content (AvgIpc) is 2.93. The molecule has 0 unspecified atom stereocenters. The van der Waals surface area contributed by atoms with Crippen molar-refractivity contribution in [2.24, 2.45) is 0 Å². The fourth-order valence-corrected chi connectivity index (χ4v) is 3.71. The van der Waals surface area contributed by atoms with Crippen LogP contribution in [0.1, 0.15) is 4.88 Å². The highest BCUT2D eigenvalue weighted by atomic mass is 32.2. The summed E-state index contributed by atoms with van der Waals surface area (Å²) in [5.74, 6) is 0.581. The number of ether oxygens (including phenoxy) is 1. The van der Waals surface area contributed by atoms with Gasteiger partial charge >= 0.3 is 0 Å². The summed E-state index contributed by atoms with van der Waals surface area (Å²) in [5, 5.41) is 8.69. The highest BCUT2D eigenvalue weighted by Crippen LogP contribution is 2.20. The van der Waals surface area contributed by atoms with Crippen LogP contribution in [0.25, 0.3) is 0 Å². The summed E-state index contributed by atoms with van der Waals surface area (Å²) in [6.07, 6.45) is 0. The summed E-state index contributed by atoms with van der Waals surface area (Å²) in [5.41, 5.74) is 6.19. The lowest BCUT2D eigenvalue weighted by atomic mass is 10.3. The number of nitrogens with two attached hydrogens (primary N) is 1. The average molecular weight is 323 g/mol. The molecule has 0 amide bonds. The second-order valence-electron chi connectivity index (χ2n) is 4.05. The molecule has 110 valence electrons. The van der Waals surface area contributed by atoms with Crippen LogP contribution in [0, 0.1) is 11.3 Å². The maximum Gasteiger partial charge on any atom is 0.250 e. The molecule has 0 aliphatic carbocycles. The van der Waals surface area contributed by atoms with Crippen LogP contribution in [0.4, 0.5) is 5.69 Å². The Kier molecular flexibility index (Phi) is 4.80. The molecule has 1 aromatic carbocycles. The highest BCUT2D eigenvalue weighted by molar-refractivity contribution is 7.91. The number of hydrogen-bond acceptors (Lipinski definition) is 6. The molecular weight excluding hydrogens is 310 g/mol. The van der Waals surface area contributed by atoms with Gasteiger partial charge in [-0.3, -0.25) is 0 Å². The van der Waals surface area contributed by atoms with Crippen molar-refractivity contribution in [3.05, 3.63) is 41.3 Å². The molecule has 0 atom stereocenters. The topological polar surface area (TPSA) is 105 Å². The summed E-state index contributed by atoms with van der Waals surface area (Å²) in [6.45, 7) is 0.302. The molecule has 0 aliphatic heterocycles. The normalized spacial score (nSPS) is 11.0. The third-order valence-corrected chi connectivity index (χ3v) is 5.42. The Balaban J connectivity index is 1.86. The maximum atomic E-state index is 11.9. The third kappa shape index (κ3) is 4.19. The van der Waals surface area contributed by atoms with Crippen LogP contribution in [0.5, 0.6) is 5.75 Å². The number of rotatable bonds is 6. The Morgan fingerprint density at radius 1 is 1.33 bits per heavy atom. The Labute approximate surface area is 126 Å². The number of anilines is 1. The van der Waals surface area contributed by atoms with Crippen molar-refractivity contribution in [3.63, 3.8) is 0 Å². The number of hydrogen-bond donors (Lipinski definition) is 2. The summed E-state index contributed by atoms with van der Waals surface area (Å²) in [6, 6.07) is 11.7. The summed E-state index contributed by atoms with van der Waals surface area (Å²) >= 11 is 0.927. The minimum absolute atomic E-state index is 0.114. The van der Waals surface area contributed by atoms with Gasteiger partial charge in [0.25, 0.3) is 0 Å². The maximum absolute atomic E-state index is 11.9. The van der Waals surface area contributed by atoms with Crippen LogP contribution >= 0.6 is 11.3 Å². The summed E-state index contributed by atoms with van der Waals surface area (Å²) < 4.78 is 31.8. The fourth-order valence-electron chi connectivity index (χ4n) is 1.55. The Bertz CT molecular complexity index is 763. The number of sulfonamides is 1. The van der Waals surface area contributed by atoms with Gasteiger partial charge in [-0.05, 0) is 24.3 Å². The van der Waals surface area contributed by atoms with E-state index < -0.39 is 10.0 Å². The molecule has 3 N–H and O–H groups in total. The minimum atomic E-state index is -3.60. The minimum Gasteiger partial charge on any atom is -0.492 e. The fraction of sp³-hybridized carbons (Fsp3) is 0.154. The zero-order valence-corrected chi connectivity index (χ0v) is 12.6. The van der Waals surface area contributed by atoms with E-state index >= 15 is 0 Å². The quantitative estimate of drug-likeness (QED) is 0.620. The lowest BCUT2D eigenvalue weighted by molar-refractivity contribution is 0.323. The number of nitrogen functional groups attached to an aromatic ring is 1. The van der Waals surface area contributed by atoms with Gasteiger partial charge in [-0.2, -0.15) is 5.26 Å². The van der Waals surface area contributed by atoms with Gasteiger partial charge in [0.05, 0.1) is 0 Å². The van der Waals surface area contributed by atoms with E-state index in [1.54, 1.807) is 24.3 Å². The zero-order chi connectivity index (χ0) is 15.3. The summed E-state index contributed by atoms with van der Waals surface area (Å²) in [7, 11) is -3.60. The Hall–Kier alpha value is -2.08. The van der Waals surface area contributed by atoms with Crippen LogP contribution in [-0.2, 0) is 10.0 Å². The number of thiophene rings is 1. The first-order chi connectivity index (χ1) is 10.0. The largest absolute Gasteiger partial charge is 0.492 e. The van der Waals surface area contributed by atoms with Crippen molar-refractivity contribution in [1.29, 1.82) is 5.26 Å². The third-order valence-electron chi connectivity index (χ3n) is 2.48. The molecule has 0 spiro atoms. The molecule has 8 heteroatoms. The van der Waals surface area contributed by atoms with Crippen LogP contribution in [0.15, 0.2) is 40.6 Å². The van der Waals surface area contributed by atoms with Crippen LogP contribution < -0.4 is 15.2 Å². The van der Waals surface area contributed by atoms with E-state index in [0.717, 1.165) is 11.3 Å². The Morgan fingerprint density at radius 2 is 2.14 bits per heavy atom. The molecule has 2 aromatic rings. The molecule has 0 radical (unpaired) electrons. The van der Waals surface area contributed by atoms with Gasteiger partial charge in [0.1, 0.15) is 27.5 Å². The van der Waals surface area contributed by atoms with Crippen molar-refractivity contribution in [2.75, 3.05) is 18.9 Å². The van der Waals surface area contributed by atoms with Gasteiger partial charge in [-0.1, -0.05) is 6.07 Å². The predicted molar refractivity (Wildman–Crippen MR) is 80.6 cm³/mol. The van der Waals surface area contributed by atoms with Crippen molar-refractivity contribution in [1.82, 2.24) is 4.72 Å². The van der Waals surface area contributed by atoms with E-state index in [9.17, 15) is 8.42 Å². The Morgan fingerprint density at radius 3 is 2.81 bits per heavy atom. The predicted octanol–water partition coefficient (Wildman–Crippen LogP) is 1.56. The van der Waals surface area contributed by atoms with Crippen molar-refractivity contribution in [2.45, 2.75) is 4.21 Å². The van der Waals surface area contributed by atoms with Gasteiger partial charge in [-0.25, -0.2) is 13.1 Å². The molecule has 2 rings (SSSR count). The van der Waals surface area contributed by atoms with Crippen LogP contribution in [0.3, 0.4) is 0 Å². The van der Waals surface area contributed by atoms with Crippen molar-refractivity contribution >= 4 is 27.0 Å². The van der Waals surface area contributed by atoms with E-state index in [1.807, 2.05) is 6.07 Å². The second kappa shape index (κ2) is 6.58. The molecule has 0 saturated heterocycles. The van der Waals surface area contributed by atoms with E-state index in [4.69, 9.17) is 15.7 Å². The molecular formula is C13H13N3O3S2. The van der Waals surface area contributed by atoms with Crippen molar-refractivity contribution in [3.8, 4) is 11.8 Å². The molecule has 1 aromatic heterocycles. The molecule has 0 bridgehead atoms. The molecule has 21 heavy (non-hydrogen) atoms. The number of nitrogens with one attached hydrogen (secondary N) is 1. The molecule has 6 nitrogen and oxygen atoms in total. The van der Waals surface area contributed by atoms with E-state index in [-0.39, 0.29) is 17.4 Å².